The van der Waals surface area contributed by atoms with Crippen LogP contribution in [0.5, 0.6) is 0 Å². The number of carboxylic acid groups (broad SMARTS) is 1. The number of nitrogens with one attached hydrogen (secondary N) is 2. The number of halogens is 2. The summed E-state index contributed by atoms with van der Waals surface area (Å²) in [5, 5.41) is 14.6. The van der Waals surface area contributed by atoms with E-state index in [9.17, 15) is 28.3 Å². The Hall–Kier alpha value is -4.27. The molecular formula is C26H23F2N3O4. The molecule has 1 aliphatic heterocycles. The van der Waals surface area contributed by atoms with Crippen molar-refractivity contribution in [3.05, 3.63) is 83.4 Å². The van der Waals surface area contributed by atoms with E-state index < -0.39 is 29.7 Å². The predicted molar refractivity (Wildman–Crippen MR) is 127 cm³/mol. The summed E-state index contributed by atoms with van der Waals surface area (Å²) >= 11 is 0. The predicted octanol–water partition coefficient (Wildman–Crippen LogP) is 5.34. The van der Waals surface area contributed by atoms with Crippen LogP contribution in [0.2, 0.25) is 0 Å². The van der Waals surface area contributed by atoms with Crippen LogP contribution in [0.4, 0.5) is 25.0 Å². The first-order chi connectivity index (χ1) is 16.6. The topological polar surface area (TPSA) is 98.7 Å². The summed E-state index contributed by atoms with van der Waals surface area (Å²) in [6.07, 6.45) is 0. The maximum Gasteiger partial charge on any atom is 0.326 e. The van der Waals surface area contributed by atoms with Crippen LogP contribution in [0.3, 0.4) is 0 Å². The zero-order valence-corrected chi connectivity index (χ0v) is 19.0. The molecule has 0 fully saturated rings. The Labute approximate surface area is 200 Å². The minimum absolute atomic E-state index is 0.113. The van der Waals surface area contributed by atoms with Crippen molar-refractivity contribution in [1.82, 2.24) is 4.90 Å². The standard InChI is InChI=1S/C26H23F2N3O4/c1-14(2)23(25(33)34)31-13-17-11-16(5-9-20(17)24(31)32)15-3-6-18(7-4-15)29-26(35)30-19-8-10-21(27)22(28)12-19/h3-12,14,23H,13H2,1-2H3,(H,33,34)(H2,29,30,35). The van der Waals surface area contributed by atoms with Crippen molar-refractivity contribution in [1.29, 1.82) is 0 Å². The number of carboxylic acids is 1. The van der Waals surface area contributed by atoms with Crippen LogP contribution in [0.15, 0.2) is 60.7 Å². The molecule has 0 bridgehead atoms. The molecule has 1 unspecified atom stereocenters. The normalized spacial score (nSPS) is 13.5. The third-order valence-corrected chi connectivity index (χ3v) is 5.81. The van der Waals surface area contributed by atoms with Crippen LogP contribution < -0.4 is 10.6 Å². The molecule has 1 atom stereocenters. The molecule has 7 nitrogen and oxygen atoms in total. The number of amides is 3. The Morgan fingerprint density at radius 2 is 1.51 bits per heavy atom. The summed E-state index contributed by atoms with van der Waals surface area (Å²) in [6, 6.07) is 13.9. The average molecular weight is 479 g/mol. The van der Waals surface area contributed by atoms with Crippen LogP contribution in [0.25, 0.3) is 11.1 Å². The molecule has 0 aliphatic carbocycles. The van der Waals surface area contributed by atoms with Crippen LogP contribution in [-0.4, -0.2) is 34.0 Å². The van der Waals surface area contributed by atoms with Gasteiger partial charge in [-0.3, -0.25) is 4.79 Å². The fourth-order valence-corrected chi connectivity index (χ4v) is 4.14. The number of anilines is 2. The zero-order valence-electron chi connectivity index (χ0n) is 19.0. The van der Waals surface area contributed by atoms with E-state index in [1.165, 1.54) is 11.0 Å². The smallest absolute Gasteiger partial charge is 0.326 e. The number of rotatable bonds is 6. The van der Waals surface area contributed by atoms with Gasteiger partial charge in [-0.15, -0.1) is 0 Å². The van der Waals surface area contributed by atoms with Crippen molar-refractivity contribution < 1.29 is 28.3 Å². The number of fused-ring (bicyclic) bond motifs is 1. The SMILES string of the molecule is CC(C)C(C(=O)O)N1Cc2cc(-c3ccc(NC(=O)Nc4ccc(F)c(F)c4)cc3)ccc2C1=O. The Kier molecular flexibility index (Phi) is 6.50. The highest BCUT2D eigenvalue weighted by atomic mass is 19.2. The number of hydrogen-bond donors (Lipinski definition) is 3. The van der Waals surface area contributed by atoms with Crippen molar-refractivity contribution in [3.63, 3.8) is 0 Å². The van der Waals surface area contributed by atoms with Gasteiger partial charge in [-0.25, -0.2) is 18.4 Å². The molecule has 4 rings (SSSR count). The van der Waals surface area contributed by atoms with E-state index in [1.807, 2.05) is 6.07 Å². The van der Waals surface area contributed by atoms with Gasteiger partial charge in [-0.2, -0.15) is 0 Å². The van der Waals surface area contributed by atoms with E-state index in [2.05, 4.69) is 10.6 Å². The molecule has 3 aromatic carbocycles. The summed E-state index contributed by atoms with van der Waals surface area (Å²) < 4.78 is 26.3. The lowest BCUT2D eigenvalue weighted by Gasteiger charge is -2.27. The number of hydrogen-bond acceptors (Lipinski definition) is 3. The summed E-state index contributed by atoms with van der Waals surface area (Å²) in [7, 11) is 0. The van der Waals surface area contributed by atoms with Crippen LogP contribution in [0, 0.1) is 17.6 Å². The van der Waals surface area contributed by atoms with Gasteiger partial charge in [0.2, 0.25) is 0 Å². The summed E-state index contributed by atoms with van der Waals surface area (Å²) in [6.45, 7) is 3.77. The molecule has 3 aromatic rings. The minimum atomic E-state index is -1.06. The Morgan fingerprint density at radius 3 is 2.14 bits per heavy atom. The first kappa shape index (κ1) is 23.9. The minimum Gasteiger partial charge on any atom is -0.480 e. The fourth-order valence-electron chi connectivity index (χ4n) is 4.14. The number of benzene rings is 3. The van der Waals surface area contributed by atoms with Gasteiger partial charge in [-0.05, 0) is 59.0 Å². The van der Waals surface area contributed by atoms with Gasteiger partial charge in [0, 0.05) is 29.5 Å². The van der Waals surface area contributed by atoms with E-state index in [0.29, 0.717) is 11.3 Å². The van der Waals surface area contributed by atoms with Gasteiger partial charge in [0.25, 0.3) is 5.91 Å². The van der Waals surface area contributed by atoms with E-state index in [0.717, 1.165) is 28.8 Å². The maximum absolute atomic E-state index is 13.3. The first-order valence-electron chi connectivity index (χ1n) is 10.9. The van der Waals surface area contributed by atoms with Crippen molar-refractivity contribution in [2.75, 3.05) is 10.6 Å². The molecule has 1 aliphatic rings. The number of urea groups is 1. The van der Waals surface area contributed by atoms with Crippen LogP contribution in [-0.2, 0) is 11.3 Å². The number of nitrogens with zero attached hydrogens (tertiary/aromatic N) is 1. The molecule has 0 saturated carbocycles. The van der Waals surface area contributed by atoms with Crippen molar-refractivity contribution in [2.24, 2.45) is 5.92 Å². The lowest BCUT2D eigenvalue weighted by molar-refractivity contribution is -0.144. The highest BCUT2D eigenvalue weighted by Gasteiger charge is 2.38. The third kappa shape index (κ3) is 4.98. The van der Waals surface area contributed by atoms with Crippen molar-refractivity contribution in [3.8, 4) is 11.1 Å². The summed E-state index contributed by atoms with van der Waals surface area (Å²) in [5.41, 5.74) is 3.52. The molecule has 0 radical (unpaired) electrons. The molecule has 0 spiro atoms. The van der Waals surface area contributed by atoms with E-state index in [4.69, 9.17) is 0 Å². The molecule has 0 aromatic heterocycles. The van der Waals surface area contributed by atoms with Crippen LogP contribution >= 0.6 is 0 Å². The second-order valence-electron chi connectivity index (χ2n) is 8.62. The highest BCUT2D eigenvalue weighted by Crippen LogP contribution is 2.31. The van der Waals surface area contributed by atoms with E-state index in [1.54, 1.807) is 50.2 Å². The molecule has 35 heavy (non-hydrogen) atoms. The van der Waals surface area contributed by atoms with Gasteiger partial charge in [0.15, 0.2) is 11.6 Å². The Bertz CT molecular complexity index is 1310. The first-order valence-corrected chi connectivity index (χ1v) is 10.9. The zero-order chi connectivity index (χ0) is 25.3. The van der Waals surface area contributed by atoms with E-state index in [-0.39, 0.29) is 24.1 Å². The third-order valence-electron chi connectivity index (χ3n) is 5.81. The molecular weight excluding hydrogens is 456 g/mol. The van der Waals surface area contributed by atoms with Crippen molar-refractivity contribution in [2.45, 2.75) is 26.4 Å². The second-order valence-corrected chi connectivity index (χ2v) is 8.62. The van der Waals surface area contributed by atoms with Gasteiger partial charge in [-0.1, -0.05) is 32.0 Å². The quantitative estimate of drug-likeness (QED) is 0.444. The lowest BCUT2D eigenvalue weighted by atomic mass is 10.0. The Morgan fingerprint density at radius 1 is 0.886 bits per heavy atom. The van der Waals surface area contributed by atoms with Gasteiger partial charge < -0.3 is 20.6 Å². The molecule has 3 amide bonds. The molecule has 9 heteroatoms. The van der Waals surface area contributed by atoms with Gasteiger partial charge in [0.05, 0.1) is 0 Å². The average Bonchev–Trinajstić information content (AvgIpc) is 3.11. The fraction of sp³-hybridized carbons (Fsp3) is 0.192. The van der Waals surface area contributed by atoms with Gasteiger partial charge >= 0.3 is 12.0 Å². The number of carbonyl (C=O) groups is 3. The molecule has 0 saturated heterocycles. The van der Waals surface area contributed by atoms with Crippen molar-refractivity contribution >= 4 is 29.3 Å². The molecule has 180 valence electrons. The number of carbonyl (C=O) groups excluding carboxylic acids is 2. The summed E-state index contributed by atoms with van der Waals surface area (Å²) in [4.78, 5) is 38.0. The van der Waals surface area contributed by atoms with Gasteiger partial charge in [0.1, 0.15) is 6.04 Å². The lowest BCUT2D eigenvalue weighted by Crippen LogP contribution is -2.44. The monoisotopic (exact) mass is 479 g/mol. The second kappa shape index (κ2) is 9.54. The number of aliphatic carboxylic acids is 1. The van der Waals surface area contributed by atoms with Crippen LogP contribution in [0.1, 0.15) is 29.8 Å². The Balaban J connectivity index is 1.45. The van der Waals surface area contributed by atoms with E-state index >= 15 is 0 Å². The molecule has 1 heterocycles. The summed E-state index contributed by atoms with van der Waals surface area (Å²) in [5.74, 6) is -3.62. The molecule has 3 N–H and O–H groups in total. The maximum atomic E-state index is 13.3. The highest BCUT2D eigenvalue weighted by molar-refractivity contribution is 6.01. The largest absolute Gasteiger partial charge is 0.480 e.